The van der Waals surface area contributed by atoms with Crippen molar-refractivity contribution in [1.82, 2.24) is 0 Å². The van der Waals surface area contributed by atoms with E-state index < -0.39 is 0 Å². The van der Waals surface area contributed by atoms with E-state index >= 15 is 0 Å². The van der Waals surface area contributed by atoms with E-state index in [2.05, 4.69) is 0 Å². The van der Waals surface area contributed by atoms with Gasteiger partial charge in [0.25, 0.3) is 0 Å². The van der Waals surface area contributed by atoms with E-state index in [0.717, 1.165) is 16.9 Å². The Balaban J connectivity index is 2.97. The molecule has 0 aliphatic heterocycles. The molecule has 1 rings (SSSR count). The zero-order valence-electron chi connectivity index (χ0n) is 8.66. The van der Waals surface area contributed by atoms with Crippen LogP contribution in [0.1, 0.15) is 23.6 Å². The predicted molar refractivity (Wildman–Crippen MR) is 56.4 cm³/mol. The molecule has 0 unspecified atom stereocenters. The molecule has 1 aromatic rings. The Kier molecular flexibility index (Phi) is 3.92. The molecular formula is C11H17NO2. The highest BCUT2D eigenvalue weighted by Crippen LogP contribution is 2.26. The average molecular weight is 195 g/mol. The Bertz CT molecular complexity index is 299. The summed E-state index contributed by atoms with van der Waals surface area (Å²) in [7, 11) is 1.62. The summed E-state index contributed by atoms with van der Waals surface area (Å²) in [6.45, 7) is 2.10. The molecule has 0 radical (unpaired) electrons. The summed E-state index contributed by atoms with van der Waals surface area (Å²) in [4.78, 5) is 0. The number of methoxy groups -OCH3 is 1. The molecule has 3 nitrogen and oxygen atoms in total. The van der Waals surface area contributed by atoms with Crippen LogP contribution in [0.2, 0.25) is 0 Å². The highest BCUT2D eigenvalue weighted by molar-refractivity contribution is 5.38. The first-order valence-electron chi connectivity index (χ1n) is 4.70. The molecule has 0 heterocycles. The number of nitrogens with two attached hydrogens (primary N) is 1. The second kappa shape index (κ2) is 4.98. The highest BCUT2D eigenvalue weighted by atomic mass is 16.5. The number of aryl methyl sites for hydroxylation is 1. The standard InChI is InChI=1S/C11H17NO2/c1-8-3-4-11(14-2)9(7-8)10(12)5-6-13/h3-4,7,10,13H,5-6,12H2,1-2H3/t10-/m1/s1. The average Bonchev–Trinajstić information content (AvgIpc) is 2.18. The maximum absolute atomic E-state index is 8.81. The largest absolute Gasteiger partial charge is 0.496 e. The summed E-state index contributed by atoms with van der Waals surface area (Å²) < 4.78 is 5.21. The van der Waals surface area contributed by atoms with Crippen LogP contribution in [-0.2, 0) is 0 Å². The van der Waals surface area contributed by atoms with Crippen molar-refractivity contribution in [2.24, 2.45) is 5.73 Å². The minimum Gasteiger partial charge on any atom is -0.496 e. The molecule has 0 saturated carbocycles. The molecule has 0 spiro atoms. The van der Waals surface area contributed by atoms with Crippen LogP contribution < -0.4 is 10.5 Å². The van der Waals surface area contributed by atoms with Crippen LogP contribution >= 0.6 is 0 Å². The number of rotatable bonds is 4. The summed E-state index contributed by atoms with van der Waals surface area (Å²) in [5.74, 6) is 0.788. The molecule has 1 atom stereocenters. The first-order chi connectivity index (χ1) is 6.69. The lowest BCUT2D eigenvalue weighted by molar-refractivity contribution is 0.275. The van der Waals surface area contributed by atoms with Gasteiger partial charge in [0, 0.05) is 18.2 Å². The monoisotopic (exact) mass is 195 g/mol. The topological polar surface area (TPSA) is 55.5 Å². The van der Waals surface area contributed by atoms with Crippen molar-refractivity contribution in [2.45, 2.75) is 19.4 Å². The maximum atomic E-state index is 8.81. The molecule has 78 valence electrons. The van der Waals surface area contributed by atoms with E-state index in [4.69, 9.17) is 15.6 Å². The van der Waals surface area contributed by atoms with Gasteiger partial charge in [-0.3, -0.25) is 0 Å². The van der Waals surface area contributed by atoms with E-state index in [1.165, 1.54) is 0 Å². The van der Waals surface area contributed by atoms with Gasteiger partial charge in [0.15, 0.2) is 0 Å². The molecular weight excluding hydrogens is 178 g/mol. The third-order valence-electron chi connectivity index (χ3n) is 2.22. The fourth-order valence-electron chi connectivity index (χ4n) is 1.44. The number of ether oxygens (including phenoxy) is 1. The molecule has 3 N–H and O–H groups in total. The Morgan fingerprint density at radius 3 is 2.79 bits per heavy atom. The van der Waals surface area contributed by atoms with E-state index in [-0.39, 0.29) is 12.6 Å². The molecule has 3 heteroatoms. The Morgan fingerprint density at radius 1 is 1.50 bits per heavy atom. The fraction of sp³-hybridized carbons (Fsp3) is 0.455. The van der Waals surface area contributed by atoms with Gasteiger partial charge >= 0.3 is 0 Å². The summed E-state index contributed by atoms with van der Waals surface area (Å²) >= 11 is 0. The van der Waals surface area contributed by atoms with E-state index in [0.29, 0.717) is 6.42 Å². The lowest BCUT2D eigenvalue weighted by Crippen LogP contribution is -2.13. The van der Waals surface area contributed by atoms with Gasteiger partial charge in [-0.05, 0) is 19.4 Å². The van der Waals surface area contributed by atoms with Crippen LogP contribution in [0.15, 0.2) is 18.2 Å². The first kappa shape index (κ1) is 11.0. The number of hydrogen-bond acceptors (Lipinski definition) is 3. The van der Waals surface area contributed by atoms with Crippen LogP contribution in [-0.4, -0.2) is 18.8 Å². The van der Waals surface area contributed by atoms with Gasteiger partial charge in [0.2, 0.25) is 0 Å². The Labute approximate surface area is 84.5 Å². The zero-order chi connectivity index (χ0) is 10.6. The summed E-state index contributed by atoms with van der Waals surface area (Å²) in [6, 6.07) is 5.73. The van der Waals surface area contributed by atoms with Gasteiger partial charge in [0.1, 0.15) is 5.75 Å². The lowest BCUT2D eigenvalue weighted by Gasteiger charge is -2.15. The van der Waals surface area contributed by atoms with E-state index in [9.17, 15) is 0 Å². The van der Waals surface area contributed by atoms with Gasteiger partial charge < -0.3 is 15.6 Å². The van der Waals surface area contributed by atoms with E-state index in [1.54, 1.807) is 7.11 Å². The van der Waals surface area contributed by atoms with Crippen molar-refractivity contribution in [1.29, 1.82) is 0 Å². The molecule has 0 aliphatic rings. The van der Waals surface area contributed by atoms with Crippen molar-refractivity contribution < 1.29 is 9.84 Å². The number of aliphatic hydroxyl groups excluding tert-OH is 1. The number of aliphatic hydroxyl groups is 1. The summed E-state index contributed by atoms with van der Waals surface area (Å²) in [6.07, 6.45) is 0.555. The Hall–Kier alpha value is -1.06. The highest BCUT2D eigenvalue weighted by Gasteiger charge is 2.11. The third-order valence-corrected chi connectivity index (χ3v) is 2.22. The normalized spacial score (nSPS) is 12.6. The minimum absolute atomic E-state index is 0.0955. The van der Waals surface area contributed by atoms with Gasteiger partial charge in [0.05, 0.1) is 7.11 Å². The second-order valence-electron chi connectivity index (χ2n) is 3.36. The molecule has 0 bridgehead atoms. The van der Waals surface area contributed by atoms with Crippen molar-refractivity contribution in [3.05, 3.63) is 29.3 Å². The molecule has 0 fully saturated rings. The van der Waals surface area contributed by atoms with Crippen molar-refractivity contribution in [3.63, 3.8) is 0 Å². The van der Waals surface area contributed by atoms with Crippen LogP contribution in [0, 0.1) is 6.92 Å². The van der Waals surface area contributed by atoms with Crippen molar-refractivity contribution in [2.75, 3.05) is 13.7 Å². The summed E-state index contributed by atoms with van der Waals surface area (Å²) in [5, 5.41) is 8.81. The summed E-state index contributed by atoms with van der Waals surface area (Å²) in [5.41, 5.74) is 8.02. The van der Waals surface area contributed by atoms with E-state index in [1.807, 2.05) is 25.1 Å². The molecule has 0 aliphatic carbocycles. The molecule has 0 amide bonds. The van der Waals surface area contributed by atoms with Crippen molar-refractivity contribution in [3.8, 4) is 5.75 Å². The Morgan fingerprint density at radius 2 is 2.21 bits per heavy atom. The smallest absolute Gasteiger partial charge is 0.123 e. The first-order valence-corrected chi connectivity index (χ1v) is 4.70. The van der Waals surface area contributed by atoms with Crippen LogP contribution in [0.3, 0.4) is 0 Å². The predicted octanol–water partition coefficient (Wildman–Crippen LogP) is 1.39. The fourth-order valence-corrected chi connectivity index (χ4v) is 1.44. The quantitative estimate of drug-likeness (QED) is 0.763. The number of benzene rings is 1. The van der Waals surface area contributed by atoms with Crippen LogP contribution in [0.25, 0.3) is 0 Å². The van der Waals surface area contributed by atoms with Crippen LogP contribution in [0.4, 0.5) is 0 Å². The SMILES string of the molecule is COc1ccc(C)cc1[C@H](N)CCO. The van der Waals surface area contributed by atoms with Gasteiger partial charge in [-0.25, -0.2) is 0 Å². The molecule has 0 aromatic heterocycles. The third kappa shape index (κ3) is 2.47. The van der Waals surface area contributed by atoms with Gasteiger partial charge in [-0.2, -0.15) is 0 Å². The lowest BCUT2D eigenvalue weighted by atomic mass is 10.0. The minimum atomic E-state index is -0.158. The van der Waals surface area contributed by atoms with Crippen LogP contribution in [0.5, 0.6) is 5.75 Å². The van der Waals surface area contributed by atoms with Gasteiger partial charge in [-0.1, -0.05) is 17.7 Å². The van der Waals surface area contributed by atoms with Gasteiger partial charge in [-0.15, -0.1) is 0 Å². The second-order valence-corrected chi connectivity index (χ2v) is 3.36. The molecule has 1 aromatic carbocycles. The zero-order valence-corrected chi connectivity index (χ0v) is 8.66. The van der Waals surface area contributed by atoms with Crippen molar-refractivity contribution >= 4 is 0 Å². The maximum Gasteiger partial charge on any atom is 0.123 e. The molecule has 0 saturated heterocycles. The molecule has 14 heavy (non-hydrogen) atoms. The number of hydrogen-bond donors (Lipinski definition) is 2.